The van der Waals surface area contributed by atoms with Gasteiger partial charge in [-0.3, -0.25) is 14.7 Å². The highest BCUT2D eigenvalue weighted by Gasteiger charge is 2.32. The van der Waals surface area contributed by atoms with Crippen molar-refractivity contribution < 1.29 is 4.79 Å². The number of aromatic nitrogens is 1. The molecule has 0 saturated carbocycles. The van der Waals surface area contributed by atoms with E-state index in [2.05, 4.69) is 30.9 Å². The van der Waals surface area contributed by atoms with Gasteiger partial charge in [0.2, 0.25) is 0 Å². The van der Waals surface area contributed by atoms with Crippen molar-refractivity contribution in [2.45, 2.75) is 31.7 Å². The molecule has 1 aromatic carbocycles. The summed E-state index contributed by atoms with van der Waals surface area (Å²) >= 11 is 6.25. The van der Waals surface area contributed by atoms with Crippen molar-refractivity contribution in [3.8, 4) is 0 Å². The van der Waals surface area contributed by atoms with E-state index in [1.165, 1.54) is 22.2 Å². The molecular formula is C19H20BClN2O. The number of hydrogen-bond donors (Lipinski definition) is 0. The number of fused-ring (bicyclic) bond motifs is 2. The van der Waals surface area contributed by atoms with Gasteiger partial charge in [-0.1, -0.05) is 29.2 Å². The van der Waals surface area contributed by atoms with Crippen LogP contribution in [0.25, 0.3) is 0 Å². The zero-order valence-corrected chi connectivity index (χ0v) is 14.6. The number of likely N-dealkylation sites (tertiary alicyclic amines) is 1. The van der Waals surface area contributed by atoms with E-state index in [9.17, 15) is 4.79 Å². The van der Waals surface area contributed by atoms with Crippen LogP contribution in [0.3, 0.4) is 0 Å². The van der Waals surface area contributed by atoms with Gasteiger partial charge in [-0.25, -0.2) is 0 Å². The summed E-state index contributed by atoms with van der Waals surface area (Å²) in [6.45, 7) is 1.61. The highest BCUT2D eigenvalue weighted by molar-refractivity contribution is 6.32. The molecule has 4 rings (SSSR count). The van der Waals surface area contributed by atoms with Crippen molar-refractivity contribution >= 4 is 30.7 Å². The number of pyridine rings is 1. The van der Waals surface area contributed by atoms with Gasteiger partial charge in [0.1, 0.15) is 13.6 Å². The average Bonchev–Trinajstić information content (AvgIpc) is 2.72. The first-order valence-electron chi connectivity index (χ1n) is 8.61. The summed E-state index contributed by atoms with van der Waals surface area (Å²) in [6, 6.07) is 8.61. The van der Waals surface area contributed by atoms with E-state index in [-0.39, 0.29) is 6.04 Å². The smallest absolute Gasteiger partial charge is 0.141 e. The Balaban J connectivity index is 1.84. The minimum absolute atomic E-state index is 0.128. The van der Waals surface area contributed by atoms with E-state index in [1.807, 2.05) is 12.3 Å². The van der Waals surface area contributed by atoms with E-state index >= 15 is 0 Å². The van der Waals surface area contributed by atoms with Crippen LogP contribution in [-0.4, -0.2) is 36.6 Å². The van der Waals surface area contributed by atoms with Gasteiger partial charge in [-0.15, -0.1) is 0 Å². The zero-order valence-electron chi connectivity index (χ0n) is 13.9. The van der Waals surface area contributed by atoms with Crippen molar-refractivity contribution in [2.24, 2.45) is 0 Å². The van der Waals surface area contributed by atoms with Gasteiger partial charge < -0.3 is 0 Å². The van der Waals surface area contributed by atoms with Crippen molar-refractivity contribution in [1.29, 1.82) is 0 Å². The molecule has 1 aromatic heterocycles. The maximum absolute atomic E-state index is 11.7. The first kappa shape index (κ1) is 15.9. The fourth-order valence-corrected chi connectivity index (χ4v) is 4.16. The minimum atomic E-state index is 0.128. The van der Waals surface area contributed by atoms with Gasteiger partial charge in [0, 0.05) is 37.2 Å². The van der Waals surface area contributed by atoms with Crippen LogP contribution in [0.4, 0.5) is 0 Å². The van der Waals surface area contributed by atoms with Gasteiger partial charge in [-0.2, -0.15) is 0 Å². The second-order valence-electron chi connectivity index (χ2n) is 6.88. The lowest BCUT2D eigenvalue weighted by Crippen LogP contribution is -2.38. The molecule has 1 aliphatic carbocycles. The SMILES string of the molecule is Bc1cnc2c(c1)CCc1cc(Cl)ccc1C2N1CCC(=O)CC1. The molecule has 0 amide bonds. The fraction of sp³-hybridized carbons (Fsp3) is 0.368. The molecule has 2 aromatic rings. The Morgan fingerprint density at radius 1 is 1.08 bits per heavy atom. The van der Waals surface area contributed by atoms with Crippen molar-refractivity contribution in [1.82, 2.24) is 9.88 Å². The van der Waals surface area contributed by atoms with Crippen LogP contribution >= 0.6 is 11.6 Å². The van der Waals surface area contributed by atoms with Crippen LogP contribution in [0.15, 0.2) is 30.5 Å². The molecule has 1 aliphatic heterocycles. The van der Waals surface area contributed by atoms with Gasteiger partial charge in [0.15, 0.2) is 0 Å². The Kier molecular flexibility index (Phi) is 4.19. The van der Waals surface area contributed by atoms with E-state index in [4.69, 9.17) is 16.6 Å². The third-order valence-corrected chi connectivity index (χ3v) is 5.42. The van der Waals surface area contributed by atoms with Crippen LogP contribution < -0.4 is 5.46 Å². The first-order valence-corrected chi connectivity index (χ1v) is 8.99. The summed E-state index contributed by atoms with van der Waals surface area (Å²) in [7, 11) is 2.09. The number of benzene rings is 1. The third kappa shape index (κ3) is 2.89. The highest BCUT2D eigenvalue weighted by atomic mass is 35.5. The second kappa shape index (κ2) is 6.34. The maximum Gasteiger partial charge on any atom is 0.141 e. The highest BCUT2D eigenvalue weighted by Crippen LogP contribution is 2.37. The van der Waals surface area contributed by atoms with Crippen LogP contribution in [-0.2, 0) is 17.6 Å². The average molecular weight is 339 g/mol. The monoisotopic (exact) mass is 338 g/mol. The molecule has 3 nitrogen and oxygen atoms in total. The Hall–Kier alpha value is -1.65. The normalized spacial score (nSPS) is 21.0. The number of halogens is 1. The van der Waals surface area contributed by atoms with Crippen LogP contribution in [0.1, 0.15) is 41.3 Å². The van der Waals surface area contributed by atoms with Crippen LogP contribution in [0, 0.1) is 0 Å². The number of carbonyl (C=O) groups is 1. The number of hydrogen-bond acceptors (Lipinski definition) is 3. The number of nitrogens with zero attached hydrogens (tertiary/aromatic N) is 2. The van der Waals surface area contributed by atoms with Gasteiger partial charge in [0.05, 0.1) is 11.7 Å². The van der Waals surface area contributed by atoms with Crippen molar-refractivity contribution in [3.05, 3.63) is 57.9 Å². The quantitative estimate of drug-likeness (QED) is 0.744. The first-order chi connectivity index (χ1) is 11.6. The number of rotatable bonds is 1. The predicted octanol–water partition coefficient (Wildman–Crippen LogP) is 1.85. The lowest BCUT2D eigenvalue weighted by molar-refractivity contribution is -0.121. The third-order valence-electron chi connectivity index (χ3n) is 5.18. The standard InChI is InChI=1S/C19H20BClN2O/c20-14-9-13-2-1-12-10-15(21)3-4-17(12)19(18(13)22-11-14)23-7-5-16(24)6-8-23/h3-4,9-11,19H,1-2,5-8,20H2. The van der Waals surface area contributed by atoms with Gasteiger partial charge in [-0.05, 0) is 41.7 Å². The number of Topliss-reactive ketones (excluding diaryl/α,β-unsaturated/α-hetero) is 1. The van der Waals surface area contributed by atoms with Crippen molar-refractivity contribution in [2.75, 3.05) is 13.1 Å². The Morgan fingerprint density at radius 2 is 1.83 bits per heavy atom. The molecule has 1 saturated heterocycles. The molecule has 2 heterocycles. The zero-order chi connectivity index (χ0) is 16.7. The lowest BCUT2D eigenvalue weighted by atomic mass is 9.92. The fourth-order valence-electron chi connectivity index (χ4n) is 3.96. The Morgan fingerprint density at radius 3 is 2.62 bits per heavy atom. The van der Waals surface area contributed by atoms with Gasteiger partial charge >= 0.3 is 0 Å². The van der Waals surface area contributed by atoms with Gasteiger partial charge in [0.25, 0.3) is 0 Å². The molecule has 1 atom stereocenters. The second-order valence-corrected chi connectivity index (χ2v) is 7.31. The molecule has 0 spiro atoms. The molecule has 122 valence electrons. The summed E-state index contributed by atoms with van der Waals surface area (Å²) in [5.74, 6) is 0.369. The molecule has 2 aliphatic rings. The van der Waals surface area contributed by atoms with Crippen molar-refractivity contribution in [3.63, 3.8) is 0 Å². The van der Waals surface area contributed by atoms with E-state index < -0.39 is 0 Å². The topological polar surface area (TPSA) is 33.2 Å². The summed E-state index contributed by atoms with van der Waals surface area (Å²) in [6.07, 6.45) is 5.21. The molecule has 1 fully saturated rings. The number of carbonyl (C=O) groups excluding carboxylic acids is 1. The van der Waals surface area contributed by atoms with E-state index in [1.54, 1.807) is 0 Å². The lowest BCUT2D eigenvalue weighted by Gasteiger charge is -2.35. The van der Waals surface area contributed by atoms with E-state index in [0.717, 1.165) is 36.6 Å². The van der Waals surface area contributed by atoms with Crippen LogP contribution in [0.2, 0.25) is 5.02 Å². The Bertz CT molecular complexity index is 744. The number of ketones is 1. The maximum atomic E-state index is 11.7. The molecule has 0 bridgehead atoms. The summed E-state index contributed by atoms with van der Waals surface area (Å²) in [5.41, 5.74) is 6.27. The largest absolute Gasteiger partial charge is 0.300 e. The predicted molar refractivity (Wildman–Crippen MR) is 98.9 cm³/mol. The van der Waals surface area contributed by atoms with E-state index in [0.29, 0.717) is 18.6 Å². The number of piperidine rings is 1. The summed E-state index contributed by atoms with van der Waals surface area (Å²) in [4.78, 5) is 18.9. The Labute approximate surface area is 148 Å². The molecule has 5 heteroatoms. The molecule has 24 heavy (non-hydrogen) atoms. The van der Waals surface area contributed by atoms with Crippen LogP contribution in [0.5, 0.6) is 0 Å². The summed E-state index contributed by atoms with van der Waals surface area (Å²) in [5, 5.41) is 0.788. The molecule has 1 unspecified atom stereocenters. The number of aryl methyl sites for hydroxylation is 2. The molecule has 0 radical (unpaired) electrons. The summed E-state index contributed by atoms with van der Waals surface area (Å²) < 4.78 is 0. The minimum Gasteiger partial charge on any atom is -0.300 e. The molecule has 0 N–H and O–H groups in total. The molecular weight excluding hydrogens is 318 g/mol.